The third kappa shape index (κ3) is 2.98. The van der Waals surface area contributed by atoms with Crippen molar-refractivity contribution >= 4 is 33.8 Å². The maximum Gasteiger partial charge on any atom is 0.225 e. The van der Waals surface area contributed by atoms with Gasteiger partial charge in [-0.2, -0.15) is 0 Å². The van der Waals surface area contributed by atoms with Crippen LogP contribution in [-0.2, 0) is 11.3 Å². The van der Waals surface area contributed by atoms with Crippen molar-refractivity contribution in [1.29, 1.82) is 0 Å². The van der Waals surface area contributed by atoms with Crippen molar-refractivity contribution in [2.45, 2.75) is 19.4 Å². The highest BCUT2D eigenvalue weighted by Gasteiger charge is 2.28. The average molecular weight is 376 g/mol. The van der Waals surface area contributed by atoms with Crippen LogP contribution in [0.5, 0.6) is 0 Å². The summed E-state index contributed by atoms with van der Waals surface area (Å²) in [5.41, 5.74) is 2.29. The molecule has 0 radical (unpaired) electrons. The largest absolute Gasteiger partial charge is 0.467 e. The van der Waals surface area contributed by atoms with Crippen LogP contribution in [0.4, 0.5) is 5.82 Å². The van der Waals surface area contributed by atoms with E-state index in [4.69, 9.17) is 8.83 Å². The number of aromatic nitrogens is 2. The van der Waals surface area contributed by atoms with Crippen LogP contribution in [0.25, 0.3) is 22.1 Å². The van der Waals surface area contributed by atoms with E-state index in [1.165, 1.54) is 0 Å². The van der Waals surface area contributed by atoms with Gasteiger partial charge in [-0.15, -0.1) is 0 Å². The molecule has 1 atom stereocenters. The predicted octanol–water partition coefficient (Wildman–Crippen LogP) is 3.50. The highest BCUT2D eigenvalue weighted by atomic mass is 16.3. The van der Waals surface area contributed by atoms with Crippen molar-refractivity contribution in [3.05, 3.63) is 54.7 Å². The van der Waals surface area contributed by atoms with Gasteiger partial charge in [-0.25, -0.2) is 9.97 Å². The number of nitrogens with one attached hydrogen (secondary N) is 1. The van der Waals surface area contributed by atoms with Gasteiger partial charge in [0, 0.05) is 18.5 Å². The molecule has 1 saturated heterocycles. The molecule has 0 spiro atoms. The Morgan fingerprint density at radius 2 is 2.14 bits per heavy atom. The number of benzene rings is 1. The number of amides is 1. The zero-order chi connectivity index (χ0) is 18.9. The Bertz CT molecular complexity index is 1120. The fourth-order valence-electron chi connectivity index (χ4n) is 3.85. The molecule has 1 aliphatic rings. The minimum atomic E-state index is -0.0990. The van der Waals surface area contributed by atoms with Crippen LogP contribution < -0.4 is 10.2 Å². The topological polar surface area (TPSA) is 84.4 Å². The van der Waals surface area contributed by atoms with Crippen molar-refractivity contribution in [1.82, 2.24) is 15.3 Å². The highest BCUT2D eigenvalue weighted by Crippen LogP contribution is 2.33. The molecule has 0 saturated carbocycles. The number of carbonyl (C=O) groups excluding carboxylic acids is 1. The Balaban J connectivity index is 1.38. The summed E-state index contributed by atoms with van der Waals surface area (Å²) >= 11 is 0. The molecule has 4 heterocycles. The Morgan fingerprint density at radius 3 is 3.04 bits per heavy atom. The van der Waals surface area contributed by atoms with E-state index >= 15 is 0 Å². The Morgan fingerprint density at radius 1 is 1.21 bits per heavy atom. The molecule has 1 aliphatic heterocycles. The van der Waals surface area contributed by atoms with Gasteiger partial charge in [0.25, 0.3) is 0 Å². The van der Waals surface area contributed by atoms with Crippen LogP contribution in [0.15, 0.2) is 57.8 Å². The number of fused-ring (bicyclic) bond motifs is 3. The molecule has 28 heavy (non-hydrogen) atoms. The van der Waals surface area contributed by atoms with Gasteiger partial charge in [-0.05, 0) is 37.1 Å². The fourth-order valence-corrected chi connectivity index (χ4v) is 3.85. The van der Waals surface area contributed by atoms with Gasteiger partial charge in [0.1, 0.15) is 23.2 Å². The van der Waals surface area contributed by atoms with E-state index in [9.17, 15) is 4.79 Å². The molecule has 1 fully saturated rings. The second-order valence-corrected chi connectivity index (χ2v) is 7.06. The summed E-state index contributed by atoms with van der Waals surface area (Å²) in [6, 6.07) is 11.5. The molecule has 3 aromatic heterocycles. The van der Waals surface area contributed by atoms with Crippen molar-refractivity contribution in [3.63, 3.8) is 0 Å². The Kier molecular flexibility index (Phi) is 4.20. The van der Waals surface area contributed by atoms with E-state index in [0.29, 0.717) is 18.7 Å². The third-order valence-corrected chi connectivity index (χ3v) is 5.25. The quantitative estimate of drug-likeness (QED) is 0.587. The number of carbonyl (C=O) groups is 1. The SMILES string of the molecule is O=C(NCc1ccco1)[C@@H]1CCCN(c2ncnc3c2oc2ccccc23)C1. The maximum atomic E-state index is 12.6. The van der Waals surface area contributed by atoms with Crippen molar-refractivity contribution in [2.24, 2.45) is 5.92 Å². The standard InChI is InChI=1S/C21H20N4O3/c26-21(22-11-15-6-4-10-27-15)14-5-3-9-25(12-14)20-19-18(23-13-24-20)16-7-1-2-8-17(16)28-19/h1-2,4,6-8,10,13-14H,3,5,9,11-12H2,(H,22,26)/t14-/m1/s1. The second kappa shape index (κ2) is 6.99. The molecule has 142 valence electrons. The summed E-state index contributed by atoms with van der Waals surface area (Å²) < 4.78 is 11.3. The van der Waals surface area contributed by atoms with Gasteiger partial charge in [0.15, 0.2) is 11.4 Å². The van der Waals surface area contributed by atoms with Crippen molar-refractivity contribution < 1.29 is 13.6 Å². The first-order chi connectivity index (χ1) is 13.8. The van der Waals surface area contributed by atoms with Gasteiger partial charge >= 0.3 is 0 Å². The van der Waals surface area contributed by atoms with E-state index in [1.54, 1.807) is 12.6 Å². The van der Waals surface area contributed by atoms with Crippen LogP contribution in [0.2, 0.25) is 0 Å². The lowest BCUT2D eigenvalue weighted by molar-refractivity contribution is -0.125. The summed E-state index contributed by atoms with van der Waals surface area (Å²) in [6.07, 6.45) is 4.96. The van der Waals surface area contributed by atoms with Gasteiger partial charge in [0.05, 0.1) is 18.7 Å². The minimum absolute atomic E-state index is 0.0380. The van der Waals surface area contributed by atoms with E-state index in [0.717, 1.165) is 47.5 Å². The lowest BCUT2D eigenvalue weighted by Gasteiger charge is -2.32. The van der Waals surface area contributed by atoms with Crippen LogP contribution in [0.1, 0.15) is 18.6 Å². The summed E-state index contributed by atoms with van der Waals surface area (Å²) in [5, 5.41) is 3.95. The van der Waals surface area contributed by atoms with Crippen molar-refractivity contribution in [2.75, 3.05) is 18.0 Å². The number of nitrogens with zero attached hydrogens (tertiary/aromatic N) is 3. The van der Waals surface area contributed by atoms with Crippen LogP contribution in [-0.4, -0.2) is 29.0 Å². The summed E-state index contributed by atoms with van der Waals surface area (Å²) in [7, 11) is 0. The maximum absolute atomic E-state index is 12.6. The van der Waals surface area contributed by atoms with E-state index in [-0.39, 0.29) is 11.8 Å². The van der Waals surface area contributed by atoms with Gasteiger partial charge in [-0.3, -0.25) is 4.79 Å². The van der Waals surface area contributed by atoms with E-state index < -0.39 is 0 Å². The van der Waals surface area contributed by atoms with Crippen LogP contribution in [0, 0.1) is 5.92 Å². The van der Waals surface area contributed by atoms with E-state index in [2.05, 4.69) is 20.2 Å². The fraction of sp³-hybridized carbons (Fsp3) is 0.286. The number of hydrogen-bond acceptors (Lipinski definition) is 6. The van der Waals surface area contributed by atoms with Gasteiger partial charge in [-0.1, -0.05) is 12.1 Å². The molecular weight excluding hydrogens is 356 g/mol. The molecule has 0 bridgehead atoms. The second-order valence-electron chi connectivity index (χ2n) is 7.06. The van der Waals surface area contributed by atoms with Gasteiger partial charge < -0.3 is 19.1 Å². The zero-order valence-electron chi connectivity index (χ0n) is 15.3. The normalized spacial score (nSPS) is 17.3. The van der Waals surface area contributed by atoms with E-state index in [1.807, 2.05) is 36.4 Å². The first kappa shape index (κ1) is 16.8. The molecular formula is C21H20N4O3. The molecule has 1 aromatic carbocycles. The number of piperidine rings is 1. The predicted molar refractivity (Wildman–Crippen MR) is 105 cm³/mol. The van der Waals surface area contributed by atoms with Crippen LogP contribution >= 0.6 is 0 Å². The Labute approximate surface area is 161 Å². The highest BCUT2D eigenvalue weighted by molar-refractivity contribution is 6.05. The molecule has 5 rings (SSSR count). The average Bonchev–Trinajstić information content (AvgIpc) is 3.39. The minimum Gasteiger partial charge on any atom is -0.467 e. The zero-order valence-corrected chi connectivity index (χ0v) is 15.3. The molecule has 7 heteroatoms. The first-order valence-electron chi connectivity index (χ1n) is 9.47. The smallest absolute Gasteiger partial charge is 0.225 e. The number of anilines is 1. The number of rotatable bonds is 4. The van der Waals surface area contributed by atoms with Crippen molar-refractivity contribution in [3.8, 4) is 0 Å². The molecule has 0 aliphatic carbocycles. The molecule has 1 N–H and O–H groups in total. The molecule has 7 nitrogen and oxygen atoms in total. The summed E-state index contributed by atoms with van der Waals surface area (Å²) in [4.78, 5) is 23.7. The molecule has 0 unspecified atom stereocenters. The number of hydrogen-bond donors (Lipinski definition) is 1. The van der Waals surface area contributed by atoms with Crippen LogP contribution in [0.3, 0.4) is 0 Å². The first-order valence-corrected chi connectivity index (χ1v) is 9.47. The lowest BCUT2D eigenvalue weighted by Crippen LogP contribution is -2.43. The number of para-hydroxylation sites is 1. The summed E-state index contributed by atoms with van der Waals surface area (Å²) in [6.45, 7) is 1.85. The lowest BCUT2D eigenvalue weighted by atomic mass is 9.97. The van der Waals surface area contributed by atoms with Gasteiger partial charge in [0.2, 0.25) is 5.91 Å². The molecule has 1 amide bonds. The monoisotopic (exact) mass is 376 g/mol. The summed E-state index contributed by atoms with van der Waals surface area (Å²) in [5.74, 6) is 1.44. The molecule has 4 aromatic rings. The third-order valence-electron chi connectivity index (χ3n) is 5.25. The Hall–Kier alpha value is -3.35. The number of furan rings is 2.